The Morgan fingerprint density at radius 1 is 1.41 bits per heavy atom. The molecule has 0 saturated carbocycles. The molecule has 1 aromatic rings. The van der Waals surface area contributed by atoms with E-state index in [1.54, 1.807) is 18.2 Å². The van der Waals surface area contributed by atoms with Crippen molar-refractivity contribution in [3.05, 3.63) is 35.4 Å². The lowest BCUT2D eigenvalue weighted by atomic mass is 10.1. The molecule has 1 saturated heterocycles. The number of ether oxygens (including phenoxy) is 2. The molecule has 0 aliphatic carbocycles. The molecule has 0 aromatic heterocycles. The summed E-state index contributed by atoms with van der Waals surface area (Å²) in [6.07, 6.45) is -2.39. The minimum Gasteiger partial charge on any atom is -0.376 e. The molecule has 2 rings (SSSR count). The zero-order chi connectivity index (χ0) is 16.0. The van der Waals surface area contributed by atoms with Crippen molar-refractivity contribution in [3.8, 4) is 0 Å². The summed E-state index contributed by atoms with van der Waals surface area (Å²) in [5.41, 5.74) is 0.917. The molecule has 4 nitrogen and oxygen atoms in total. The number of nitrogens with one attached hydrogen (secondary N) is 1. The first-order valence-electron chi connectivity index (χ1n) is 7.07. The van der Waals surface area contributed by atoms with Crippen LogP contribution < -0.4 is 5.32 Å². The van der Waals surface area contributed by atoms with E-state index in [-0.39, 0.29) is 18.6 Å². The Kier molecular flexibility index (Phi) is 5.79. The predicted octanol–water partition coefficient (Wildman–Crippen LogP) is 2.67. The summed E-state index contributed by atoms with van der Waals surface area (Å²) in [5.74, 6) is -0.270. The predicted molar refractivity (Wildman–Crippen MR) is 73.5 cm³/mol. The van der Waals surface area contributed by atoms with E-state index in [0.717, 1.165) is 12.8 Å². The Labute approximate surface area is 126 Å². The van der Waals surface area contributed by atoms with Crippen LogP contribution in [-0.2, 0) is 16.1 Å². The van der Waals surface area contributed by atoms with Crippen LogP contribution in [0, 0.1) is 0 Å². The van der Waals surface area contributed by atoms with Crippen LogP contribution in [0.1, 0.15) is 28.8 Å². The molecule has 0 spiro atoms. The number of hydrogen-bond acceptors (Lipinski definition) is 3. The smallest absolute Gasteiger partial charge is 0.376 e. The van der Waals surface area contributed by atoms with Gasteiger partial charge >= 0.3 is 6.18 Å². The van der Waals surface area contributed by atoms with Gasteiger partial charge in [0, 0.05) is 18.7 Å². The van der Waals surface area contributed by atoms with Gasteiger partial charge < -0.3 is 14.8 Å². The maximum Gasteiger partial charge on any atom is 0.411 e. The average Bonchev–Trinajstić information content (AvgIpc) is 2.97. The van der Waals surface area contributed by atoms with Crippen molar-refractivity contribution in [2.45, 2.75) is 31.7 Å². The SMILES string of the molecule is O=C(NCC1CCCO1)c1cccc(COCC(F)(F)F)c1. The Balaban J connectivity index is 1.82. The molecule has 1 N–H and O–H groups in total. The number of halogens is 3. The van der Waals surface area contributed by atoms with Crippen LogP contribution in [0.25, 0.3) is 0 Å². The normalized spacial score (nSPS) is 18.4. The lowest BCUT2D eigenvalue weighted by molar-refractivity contribution is -0.176. The number of carbonyl (C=O) groups is 1. The van der Waals surface area contributed by atoms with Gasteiger partial charge in [-0.2, -0.15) is 13.2 Å². The first-order valence-corrected chi connectivity index (χ1v) is 7.07. The van der Waals surface area contributed by atoms with Gasteiger partial charge in [0.15, 0.2) is 0 Å². The molecule has 0 radical (unpaired) electrons. The molecule has 1 heterocycles. The minimum atomic E-state index is -4.35. The maximum absolute atomic E-state index is 12.0. The quantitative estimate of drug-likeness (QED) is 0.877. The van der Waals surface area contributed by atoms with Gasteiger partial charge in [-0.15, -0.1) is 0 Å². The second kappa shape index (κ2) is 7.60. The van der Waals surface area contributed by atoms with Crippen molar-refractivity contribution in [2.75, 3.05) is 19.8 Å². The van der Waals surface area contributed by atoms with Crippen LogP contribution in [-0.4, -0.2) is 37.9 Å². The van der Waals surface area contributed by atoms with Crippen LogP contribution >= 0.6 is 0 Å². The van der Waals surface area contributed by atoms with Crippen LogP contribution in [0.2, 0.25) is 0 Å². The van der Waals surface area contributed by atoms with Crippen molar-refractivity contribution in [2.24, 2.45) is 0 Å². The van der Waals surface area contributed by atoms with Crippen molar-refractivity contribution in [1.82, 2.24) is 5.32 Å². The van der Waals surface area contributed by atoms with Crippen molar-refractivity contribution < 1.29 is 27.4 Å². The van der Waals surface area contributed by atoms with Gasteiger partial charge in [0.2, 0.25) is 0 Å². The van der Waals surface area contributed by atoms with Gasteiger partial charge in [-0.05, 0) is 30.5 Å². The highest BCUT2D eigenvalue weighted by molar-refractivity contribution is 5.94. The third-order valence-electron chi connectivity index (χ3n) is 3.24. The van der Waals surface area contributed by atoms with Gasteiger partial charge in [-0.25, -0.2) is 0 Å². The highest BCUT2D eigenvalue weighted by Gasteiger charge is 2.27. The highest BCUT2D eigenvalue weighted by atomic mass is 19.4. The second-order valence-electron chi connectivity index (χ2n) is 5.15. The number of alkyl halides is 3. The summed E-state index contributed by atoms with van der Waals surface area (Å²) < 4.78 is 46.0. The van der Waals surface area contributed by atoms with Gasteiger partial charge in [-0.1, -0.05) is 12.1 Å². The monoisotopic (exact) mass is 317 g/mol. The summed E-state index contributed by atoms with van der Waals surface area (Å²) in [7, 11) is 0. The van der Waals surface area contributed by atoms with Crippen LogP contribution in [0.15, 0.2) is 24.3 Å². The molecule has 0 bridgehead atoms. The average molecular weight is 317 g/mol. The summed E-state index contributed by atoms with van der Waals surface area (Å²) in [6.45, 7) is -0.338. The van der Waals surface area contributed by atoms with E-state index in [9.17, 15) is 18.0 Å². The van der Waals surface area contributed by atoms with Crippen molar-refractivity contribution in [1.29, 1.82) is 0 Å². The molecular weight excluding hydrogens is 299 g/mol. The largest absolute Gasteiger partial charge is 0.411 e. The Morgan fingerprint density at radius 3 is 2.91 bits per heavy atom. The highest BCUT2D eigenvalue weighted by Crippen LogP contribution is 2.16. The fourth-order valence-electron chi connectivity index (χ4n) is 2.20. The zero-order valence-electron chi connectivity index (χ0n) is 12.0. The van der Waals surface area contributed by atoms with Gasteiger partial charge in [0.1, 0.15) is 6.61 Å². The molecule has 1 aliphatic rings. The molecular formula is C15H18F3NO3. The summed E-state index contributed by atoms with van der Waals surface area (Å²) >= 11 is 0. The van der Waals surface area contributed by atoms with Gasteiger partial charge in [-0.3, -0.25) is 4.79 Å². The number of amides is 1. The lowest BCUT2D eigenvalue weighted by Gasteiger charge is -2.11. The molecule has 22 heavy (non-hydrogen) atoms. The first kappa shape index (κ1) is 16.8. The minimum absolute atomic E-state index is 0.0438. The number of rotatable bonds is 6. The Bertz CT molecular complexity index is 499. The van der Waals surface area contributed by atoms with Crippen LogP contribution in [0.3, 0.4) is 0 Å². The fourth-order valence-corrected chi connectivity index (χ4v) is 2.20. The van der Waals surface area contributed by atoms with E-state index in [4.69, 9.17) is 4.74 Å². The number of carbonyl (C=O) groups excluding carboxylic acids is 1. The zero-order valence-corrected chi connectivity index (χ0v) is 12.0. The van der Waals surface area contributed by atoms with E-state index < -0.39 is 12.8 Å². The number of hydrogen-bond donors (Lipinski definition) is 1. The van der Waals surface area contributed by atoms with Crippen LogP contribution in [0.5, 0.6) is 0 Å². The molecule has 1 atom stereocenters. The van der Waals surface area contributed by atoms with E-state index in [1.165, 1.54) is 6.07 Å². The third kappa shape index (κ3) is 5.65. The van der Waals surface area contributed by atoms with Gasteiger partial charge in [0.05, 0.1) is 12.7 Å². The van der Waals surface area contributed by atoms with E-state index in [0.29, 0.717) is 24.3 Å². The Morgan fingerprint density at radius 2 is 2.23 bits per heavy atom. The molecule has 122 valence electrons. The maximum atomic E-state index is 12.0. The van der Waals surface area contributed by atoms with Crippen molar-refractivity contribution in [3.63, 3.8) is 0 Å². The molecule has 7 heteroatoms. The second-order valence-corrected chi connectivity index (χ2v) is 5.15. The molecule has 1 amide bonds. The molecule has 1 aliphatic heterocycles. The first-order chi connectivity index (χ1) is 10.4. The molecule has 1 unspecified atom stereocenters. The molecule has 1 fully saturated rings. The van der Waals surface area contributed by atoms with Crippen LogP contribution in [0.4, 0.5) is 13.2 Å². The lowest BCUT2D eigenvalue weighted by Crippen LogP contribution is -2.31. The standard InChI is InChI=1S/C15H18F3NO3/c16-15(17,18)10-21-9-11-3-1-4-12(7-11)14(20)19-8-13-5-2-6-22-13/h1,3-4,7,13H,2,5-6,8-10H2,(H,19,20). The fraction of sp³-hybridized carbons (Fsp3) is 0.533. The summed E-state index contributed by atoms with van der Waals surface area (Å²) in [6, 6.07) is 6.37. The van der Waals surface area contributed by atoms with E-state index in [2.05, 4.69) is 10.1 Å². The van der Waals surface area contributed by atoms with E-state index >= 15 is 0 Å². The number of benzene rings is 1. The third-order valence-corrected chi connectivity index (χ3v) is 3.24. The van der Waals surface area contributed by atoms with Gasteiger partial charge in [0.25, 0.3) is 5.91 Å². The molecule has 1 aromatic carbocycles. The topological polar surface area (TPSA) is 47.6 Å². The summed E-state index contributed by atoms with van der Waals surface area (Å²) in [4.78, 5) is 12.0. The van der Waals surface area contributed by atoms with Crippen molar-refractivity contribution >= 4 is 5.91 Å². The Hall–Kier alpha value is -1.60. The summed E-state index contributed by atoms with van der Waals surface area (Å²) in [5, 5.41) is 2.76. The van der Waals surface area contributed by atoms with E-state index in [1.807, 2.05) is 0 Å².